The Labute approximate surface area is 207 Å². The first-order valence-corrected chi connectivity index (χ1v) is 12.1. The molecular formula is C30H33N3O2. The van der Waals surface area contributed by atoms with Crippen LogP contribution in [0.15, 0.2) is 79.0 Å². The van der Waals surface area contributed by atoms with Crippen LogP contribution in [-0.2, 0) is 6.54 Å². The van der Waals surface area contributed by atoms with E-state index in [1.165, 1.54) is 25.1 Å². The van der Waals surface area contributed by atoms with E-state index in [0.717, 1.165) is 40.3 Å². The number of aryl methyl sites for hydroxylation is 1. The average Bonchev–Trinajstić information content (AvgIpc) is 3.26. The molecular weight excluding hydrogens is 434 g/mol. The van der Waals surface area contributed by atoms with Gasteiger partial charge in [-0.25, -0.2) is 0 Å². The van der Waals surface area contributed by atoms with Gasteiger partial charge in [0.25, 0.3) is 0 Å². The molecule has 1 aromatic heterocycles. The number of benzene rings is 3. The predicted octanol–water partition coefficient (Wildman–Crippen LogP) is 6.72. The molecule has 3 aromatic carbocycles. The maximum atomic E-state index is 11.6. The van der Waals surface area contributed by atoms with Crippen LogP contribution in [0.4, 0.5) is 11.4 Å². The molecule has 0 bridgehead atoms. The van der Waals surface area contributed by atoms with Crippen molar-refractivity contribution in [3.63, 3.8) is 0 Å². The van der Waals surface area contributed by atoms with Crippen molar-refractivity contribution in [2.24, 2.45) is 5.92 Å². The van der Waals surface area contributed by atoms with Crippen molar-refractivity contribution in [2.75, 3.05) is 18.4 Å². The third-order valence-corrected chi connectivity index (χ3v) is 6.40. The van der Waals surface area contributed by atoms with Gasteiger partial charge in [-0.1, -0.05) is 43.3 Å². The van der Waals surface area contributed by atoms with Gasteiger partial charge in [0.05, 0.1) is 5.52 Å². The van der Waals surface area contributed by atoms with Crippen molar-refractivity contribution in [2.45, 2.75) is 33.7 Å². The van der Waals surface area contributed by atoms with Gasteiger partial charge in [-0.2, -0.15) is 0 Å². The van der Waals surface area contributed by atoms with Crippen LogP contribution in [0.5, 0.6) is 5.75 Å². The number of aromatic nitrogens is 1. The number of phenols is 1. The van der Waals surface area contributed by atoms with Gasteiger partial charge in [-0.15, -0.1) is 0 Å². The summed E-state index contributed by atoms with van der Waals surface area (Å²) in [5.74, 6) is 1.12. The number of Topliss-reactive ketones (excluding diaryl/α,β-unsaturated/α-hetero) is 1. The average molecular weight is 468 g/mol. The Morgan fingerprint density at radius 1 is 1.06 bits per heavy atom. The van der Waals surface area contributed by atoms with Gasteiger partial charge < -0.3 is 10.4 Å². The maximum absolute atomic E-state index is 11.6. The number of ketones is 1. The van der Waals surface area contributed by atoms with Gasteiger partial charge in [0.15, 0.2) is 5.78 Å². The van der Waals surface area contributed by atoms with Crippen LogP contribution >= 0.6 is 0 Å². The molecule has 5 heteroatoms. The molecule has 35 heavy (non-hydrogen) atoms. The largest absolute Gasteiger partial charge is 0.508 e. The molecule has 1 saturated heterocycles. The van der Waals surface area contributed by atoms with Crippen LogP contribution in [0.2, 0.25) is 0 Å². The molecule has 1 atom stereocenters. The first-order chi connectivity index (χ1) is 16.9. The molecule has 2 N–H and O–H groups in total. The lowest BCUT2D eigenvalue weighted by molar-refractivity contribution is 0.101. The van der Waals surface area contributed by atoms with Crippen molar-refractivity contribution in [1.29, 1.82) is 0 Å². The van der Waals surface area contributed by atoms with Crippen LogP contribution in [0.25, 0.3) is 10.9 Å². The number of anilines is 2. The summed E-state index contributed by atoms with van der Waals surface area (Å²) in [4.78, 5) is 18.4. The van der Waals surface area contributed by atoms with Crippen molar-refractivity contribution < 1.29 is 9.90 Å². The lowest BCUT2D eigenvalue weighted by Crippen LogP contribution is -2.19. The van der Waals surface area contributed by atoms with E-state index in [0.29, 0.717) is 5.56 Å². The maximum Gasteiger partial charge on any atom is 0.159 e. The minimum atomic E-state index is 0.0187. The summed E-state index contributed by atoms with van der Waals surface area (Å²) >= 11 is 0. The van der Waals surface area contributed by atoms with E-state index in [1.54, 1.807) is 31.3 Å². The Kier molecular flexibility index (Phi) is 7.78. The Balaban J connectivity index is 0.000000189. The number of carbonyl (C=O) groups excluding carboxylic acids is 1. The summed E-state index contributed by atoms with van der Waals surface area (Å²) in [5, 5.41) is 13.8. The number of hydrogen-bond donors (Lipinski definition) is 2. The molecule has 0 saturated carbocycles. The van der Waals surface area contributed by atoms with Crippen molar-refractivity contribution in [3.05, 3.63) is 95.7 Å². The second-order valence-corrected chi connectivity index (χ2v) is 9.39. The highest BCUT2D eigenvalue weighted by Crippen LogP contribution is 2.29. The topological polar surface area (TPSA) is 65.5 Å². The summed E-state index contributed by atoms with van der Waals surface area (Å²) < 4.78 is 0. The Bertz CT molecular complexity index is 1300. The van der Waals surface area contributed by atoms with Gasteiger partial charge in [-0.3, -0.25) is 14.7 Å². The molecule has 1 aliphatic rings. The molecule has 180 valence electrons. The van der Waals surface area contributed by atoms with Crippen molar-refractivity contribution in [3.8, 4) is 5.75 Å². The number of likely N-dealkylation sites (tertiary alicyclic amines) is 1. The van der Waals surface area contributed by atoms with Crippen molar-refractivity contribution in [1.82, 2.24) is 9.88 Å². The monoisotopic (exact) mass is 467 g/mol. The Hall–Kier alpha value is -3.70. The zero-order chi connectivity index (χ0) is 24.8. The summed E-state index contributed by atoms with van der Waals surface area (Å²) in [6.07, 6.45) is 3.09. The van der Waals surface area contributed by atoms with E-state index in [2.05, 4.69) is 52.5 Å². The van der Waals surface area contributed by atoms with Crippen LogP contribution in [0, 0.1) is 12.8 Å². The fraction of sp³-hybridized carbons (Fsp3) is 0.267. The molecule has 0 amide bonds. The third-order valence-electron chi connectivity index (χ3n) is 6.40. The second-order valence-electron chi connectivity index (χ2n) is 9.39. The molecule has 0 radical (unpaired) electrons. The normalized spacial score (nSPS) is 15.5. The highest BCUT2D eigenvalue weighted by atomic mass is 16.3. The number of nitrogens with one attached hydrogen (secondary N) is 1. The van der Waals surface area contributed by atoms with Crippen molar-refractivity contribution >= 4 is 28.1 Å². The summed E-state index contributed by atoms with van der Waals surface area (Å²) in [6, 6.07) is 23.2. The molecule has 0 spiro atoms. The van der Waals surface area contributed by atoms with E-state index in [4.69, 9.17) is 0 Å². The number of carbonyl (C=O) groups is 1. The second kappa shape index (κ2) is 11.2. The standard InChI is InChI=1S/C18H16N2O2.C12H17N/c1-11-3-5-14(22)10-18(11)20-17-7-8-19-16-6-4-13(12(2)21)9-15(16)17;1-11-7-8-13(9-11)10-12-5-3-2-4-6-12/h3-10,22H,1-2H3,(H,19,20);2-6,11H,7-10H2,1H3. The molecule has 5 nitrogen and oxygen atoms in total. The SMILES string of the molecule is CC(=O)c1ccc2nccc(Nc3cc(O)ccc3C)c2c1.CC1CCN(Cc2ccccc2)C1. The van der Waals surface area contributed by atoms with E-state index >= 15 is 0 Å². The first-order valence-electron chi connectivity index (χ1n) is 12.1. The number of nitrogens with zero attached hydrogens (tertiary/aromatic N) is 2. The minimum Gasteiger partial charge on any atom is -0.508 e. The Morgan fingerprint density at radius 2 is 1.86 bits per heavy atom. The number of aromatic hydroxyl groups is 1. The van der Waals surface area contributed by atoms with Gasteiger partial charge in [0.2, 0.25) is 0 Å². The molecule has 4 aromatic rings. The number of phenolic OH excluding ortho intramolecular Hbond substituents is 1. The highest BCUT2D eigenvalue weighted by Gasteiger charge is 2.18. The summed E-state index contributed by atoms with van der Waals surface area (Å²) in [7, 11) is 0. The van der Waals surface area contributed by atoms with Gasteiger partial charge >= 0.3 is 0 Å². The minimum absolute atomic E-state index is 0.0187. The van der Waals surface area contributed by atoms with E-state index in [1.807, 2.05) is 31.2 Å². The number of hydrogen-bond acceptors (Lipinski definition) is 5. The molecule has 5 rings (SSSR count). The van der Waals surface area contributed by atoms with Crippen LogP contribution in [0.1, 0.15) is 41.8 Å². The number of rotatable bonds is 5. The fourth-order valence-electron chi connectivity index (χ4n) is 4.38. The highest BCUT2D eigenvalue weighted by molar-refractivity contribution is 6.01. The van der Waals surface area contributed by atoms with Crippen LogP contribution in [-0.4, -0.2) is 33.9 Å². The lowest BCUT2D eigenvalue weighted by Gasteiger charge is -2.14. The number of fused-ring (bicyclic) bond motifs is 1. The molecule has 1 unspecified atom stereocenters. The first kappa shape index (κ1) is 24.4. The van der Waals surface area contributed by atoms with E-state index in [9.17, 15) is 9.90 Å². The zero-order valence-corrected chi connectivity index (χ0v) is 20.7. The molecule has 0 aliphatic carbocycles. The number of pyridine rings is 1. The fourth-order valence-corrected chi connectivity index (χ4v) is 4.38. The smallest absolute Gasteiger partial charge is 0.159 e. The Morgan fingerprint density at radius 3 is 2.57 bits per heavy atom. The predicted molar refractivity (Wildman–Crippen MR) is 143 cm³/mol. The van der Waals surface area contributed by atoms with Crippen LogP contribution < -0.4 is 5.32 Å². The summed E-state index contributed by atoms with van der Waals surface area (Å²) in [6.45, 7) is 9.53. The van der Waals surface area contributed by atoms with Crippen LogP contribution in [0.3, 0.4) is 0 Å². The summed E-state index contributed by atoms with van der Waals surface area (Å²) in [5.41, 5.74) is 5.59. The molecule has 1 aliphatic heterocycles. The van der Waals surface area contributed by atoms with E-state index in [-0.39, 0.29) is 11.5 Å². The van der Waals surface area contributed by atoms with Gasteiger partial charge in [-0.05, 0) is 74.2 Å². The quantitative estimate of drug-likeness (QED) is 0.319. The molecule has 1 fully saturated rings. The van der Waals surface area contributed by atoms with Gasteiger partial charge in [0, 0.05) is 47.7 Å². The van der Waals surface area contributed by atoms with Gasteiger partial charge in [0.1, 0.15) is 5.75 Å². The zero-order valence-electron chi connectivity index (χ0n) is 20.7. The van der Waals surface area contributed by atoms with E-state index < -0.39 is 0 Å². The third kappa shape index (κ3) is 6.46. The lowest BCUT2D eigenvalue weighted by atomic mass is 10.1. The molecule has 2 heterocycles.